The van der Waals surface area contributed by atoms with Gasteiger partial charge in [-0.1, -0.05) is 72.8 Å². The maximum atomic E-state index is 6.18. The van der Waals surface area contributed by atoms with Crippen molar-refractivity contribution in [2.45, 2.75) is 0 Å². The zero-order chi connectivity index (χ0) is 29.9. The fourth-order valence-corrected chi connectivity index (χ4v) is 7.49. The zero-order valence-electron chi connectivity index (χ0n) is 24.4. The molecule has 0 aliphatic rings. The van der Waals surface area contributed by atoms with Crippen LogP contribution in [0.4, 0.5) is 0 Å². The molecule has 0 atom stereocenters. The fraction of sp³-hybridized carbons (Fsp3) is 0. The van der Waals surface area contributed by atoms with Crippen molar-refractivity contribution >= 4 is 87.7 Å². The molecule has 0 unspecified atom stereocenters. The Morgan fingerprint density at radius 1 is 0.348 bits per heavy atom. The predicted octanol–water partition coefficient (Wildman–Crippen LogP) is 11.1. The highest BCUT2D eigenvalue weighted by atomic mass is 16.3. The van der Waals surface area contributed by atoms with Crippen molar-refractivity contribution in [3.63, 3.8) is 0 Å². The van der Waals surface area contributed by atoms with E-state index < -0.39 is 0 Å². The summed E-state index contributed by atoms with van der Waals surface area (Å²) in [6.07, 6.45) is 0. The van der Waals surface area contributed by atoms with Gasteiger partial charge in [-0.25, -0.2) is 4.98 Å². The van der Waals surface area contributed by atoms with Gasteiger partial charge in [0.05, 0.1) is 33.1 Å². The standard InChI is InChI=1S/C41H23N3O2/c1-5-13-32-28(11-1)40-34(43(32)24-17-19-38-30(21-24)26-9-3-7-15-36(26)45-38)23-35-41(42-40)29-12-2-6-14-33(29)44(35)25-18-20-39-31(22-25)27-10-4-8-16-37(27)46-39/h1-23H. The van der Waals surface area contributed by atoms with Gasteiger partial charge < -0.3 is 18.0 Å². The highest BCUT2D eigenvalue weighted by Crippen LogP contribution is 2.40. The molecule has 0 aliphatic heterocycles. The van der Waals surface area contributed by atoms with Crippen LogP contribution in [-0.2, 0) is 0 Å². The van der Waals surface area contributed by atoms with Crippen molar-refractivity contribution in [1.29, 1.82) is 0 Å². The van der Waals surface area contributed by atoms with E-state index in [1.165, 1.54) is 0 Å². The predicted molar refractivity (Wildman–Crippen MR) is 187 cm³/mol. The van der Waals surface area contributed by atoms with E-state index in [1.54, 1.807) is 0 Å². The lowest BCUT2D eigenvalue weighted by Crippen LogP contribution is -1.96. The third-order valence-electron chi connectivity index (χ3n) is 9.50. The average Bonchev–Trinajstić information content (AvgIpc) is 3.84. The van der Waals surface area contributed by atoms with E-state index in [9.17, 15) is 0 Å². The molecule has 5 heteroatoms. The lowest BCUT2D eigenvalue weighted by molar-refractivity contribution is 0.668. The number of rotatable bonds is 2. The second kappa shape index (κ2) is 8.65. The minimum atomic E-state index is 0.883. The van der Waals surface area contributed by atoms with Gasteiger partial charge in [0, 0.05) is 43.7 Å². The second-order valence-electron chi connectivity index (χ2n) is 12.0. The first-order chi connectivity index (χ1) is 22.8. The molecule has 214 valence electrons. The average molecular weight is 590 g/mol. The number of hydrogen-bond acceptors (Lipinski definition) is 3. The van der Waals surface area contributed by atoms with E-state index in [-0.39, 0.29) is 0 Å². The summed E-state index contributed by atoms with van der Waals surface area (Å²) in [6, 6.07) is 48.8. The molecule has 5 nitrogen and oxygen atoms in total. The van der Waals surface area contributed by atoms with Crippen molar-refractivity contribution in [3.8, 4) is 11.4 Å². The number of hydrogen-bond donors (Lipinski definition) is 0. The van der Waals surface area contributed by atoms with Gasteiger partial charge >= 0.3 is 0 Å². The molecule has 5 heterocycles. The Morgan fingerprint density at radius 2 is 0.761 bits per heavy atom. The molecule has 0 aliphatic carbocycles. The van der Waals surface area contributed by atoms with Gasteiger partial charge in [0.25, 0.3) is 0 Å². The summed E-state index contributed by atoms with van der Waals surface area (Å²) in [6.45, 7) is 0. The summed E-state index contributed by atoms with van der Waals surface area (Å²) in [5, 5.41) is 6.68. The molecule has 0 spiro atoms. The van der Waals surface area contributed by atoms with Gasteiger partial charge in [0.15, 0.2) is 0 Å². The summed E-state index contributed by atoms with van der Waals surface area (Å²) in [7, 11) is 0. The SMILES string of the molecule is c1ccc2c(c1)oc1ccc(-n3c4ccccc4c4nc5c6ccccc6n(-c6ccc7oc8ccccc8c7c6)c5cc43)cc12. The Morgan fingerprint density at radius 3 is 1.26 bits per heavy atom. The number of pyridine rings is 1. The Hall–Kier alpha value is -6.33. The second-order valence-corrected chi connectivity index (χ2v) is 12.0. The van der Waals surface area contributed by atoms with Crippen molar-refractivity contribution in [1.82, 2.24) is 14.1 Å². The monoisotopic (exact) mass is 589 g/mol. The van der Waals surface area contributed by atoms with Crippen molar-refractivity contribution in [3.05, 3.63) is 140 Å². The maximum Gasteiger partial charge on any atom is 0.135 e. The zero-order valence-corrected chi connectivity index (χ0v) is 24.4. The first-order valence-electron chi connectivity index (χ1n) is 15.5. The van der Waals surface area contributed by atoms with Gasteiger partial charge in [0.2, 0.25) is 0 Å². The van der Waals surface area contributed by atoms with Crippen LogP contribution in [0.5, 0.6) is 0 Å². The molecule has 46 heavy (non-hydrogen) atoms. The first kappa shape index (κ1) is 24.0. The third-order valence-corrected chi connectivity index (χ3v) is 9.50. The van der Waals surface area contributed by atoms with Gasteiger partial charge in [-0.05, 0) is 66.7 Å². The van der Waals surface area contributed by atoms with Gasteiger partial charge in [-0.15, -0.1) is 0 Å². The first-order valence-corrected chi connectivity index (χ1v) is 15.5. The van der Waals surface area contributed by atoms with Crippen molar-refractivity contribution in [2.75, 3.05) is 0 Å². The maximum absolute atomic E-state index is 6.18. The summed E-state index contributed by atoms with van der Waals surface area (Å²) < 4.78 is 17.0. The van der Waals surface area contributed by atoms with Crippen LogP contribution in [-0.4, -0.2) is 14.1 Å². The summed E-state index contributed by atoms with van der Waals surface area (Å²) >= 11 is 0. The van der Waals surface area contributed by atoms with E-state index in [2.05, 4.69) is 124 Å². The summed E-state index contributed by atoms with van der Waals surface area (Å²) in [5.41, 5.74) is 12.0. The van der Waals surface area contributed by atoms with Gasteiger partial charge in [0.1, 0.15) is 22.3 Å². The number of nitrogens with zero attached hydrogens (tertiary/aromatic N) is 3. The molecule has 6 aromatic carbocycles. The van der Waals surface area contributed by atoms with Crippen LogP contribution in [0.1, 0.15) is 0 Å². The molecule has 0 saturated heterocycles. The largest absolute Gasteiger partial charge is 0.456 e. The Balaban J connectivity index is 1.26. The van der Waals surface area contributed by atoms with Crippen LogP contribution in [0.15, 0.2) is 148 Å². The number of para-hydroxylation sites is 4. The molecule has 0 amide bonds. The van der Waals surface area contributed by atoms with E-state index in [0.29, 0.717) is 0 Å². The molecule has 11 aromatic rings. The number of benzene rings is 6. The number of furan rings is 2. The molecule has 0 radical (unpaired) electrons. The molecule has 11 rings (SSSR count). The smallest absolute Gasteiger partial charge is 0.135 e. The molecular weight excluding hydrogens is 566 g/mol. The molecule has 5 aromatic heterocycles. The lowest BCUT2D eigenvalue weighted by Gasteiger charge is -2.10. The number of aromatic nitrogens is 3. The molecule has 0 N–H and O–H groups in total. The number of fused-ring (bicyclic) bond motifs is 12. The minimum Gasteiger partial charge on any atom is -0.456 e. The van der Waals surface area contributed by atoms with Crippen LogP contribution in [0.25, 0.3) is 99.1 Å². The topological polar surface area (TPSA) is 49.0 Å². The van der Waals surface area contributed by atoms with Crippen molar-refractivity contribution < 1.29 is 8.83 Å². The van der Waals surface area contributed by atoms with Crippen LogP contribution in [0.2, 0.25) is 0 Å². The molecular formula is C41H23N3O2. The van der Waals surface area contributed by atoms with E-state index >= 15 is 0 Å². The van der Waals surface area contributed by atoms with Gasteiger partial charge in [-0.2, -0.15) is 0 Å². The molecule has 0 fully saturated rings. The highest BCUT2D eigenvalue weighted by molar-refractivity contribution is 6.16. The van der Waals surface area contributed by atoms with E-state index in [1.807, 2.05) is 24.3 Å². The van der Waals surface area contributed by atoms with Crippen LogP contribution >= 0.6 is 0 Å². The normalized spacial score (nSPS) is 12.3. The van der Waals surface area contributed by atoms with E-state index in [4.69, 9.17) is 13.8 Å². The van der Waals surface area contributed by atoms with Crippen LogP contribution < -0.4 is 0 Å². The van der Waals surface area contributed by atoms with Crippen molar-refractivity contribution in [2.24, 2.45) is 0 Å². The Bertz CT molecular complexity index is 2840. The Labute approximate surface area is 261 Å². The quantitative estimate of drug-likeness (QED) is 0.202. The van der Waals surface area contributed by atoms with Crippen LogP contribution in [0.3, 0.4) is 0 Å². The lowest BCUT2D eigenvalue weighted by atomic mass is 10.1. The van der Waals surface area contributed by atoms with Gasteiger partial charge in [-0.3, -0.25) is 0 Å². The highest BCUT2D eigenvalue weighted by Gasteiger charge is 2.21. The molecule has 0 bridgehead atoms. The minimum absolute atomic E-state index is 0.883. The molecule has 0 saturated carbocycles. The van der Waals surface area contributed by atoms with Crippen LogP contribution in [0, 0.1) is 0 Å². The summed E-state index contributed by atoms with van der Waals surface area (Å²) in [5.74, 6) is 0. The van der Waals surface area contributed by atoms with E-state index in [0.717, 1.165) is 99.1 Å². The Kier molecular flexibility index (Phi) is 4.52. The third kappa shape index (κ3) is 3.11. The fourth-order valence-electron chi connectivity index (χ4n) is 7.49. The summed E-state index contributed by atoms with van der Waals surface area (Å²) in [4.78, 5) is 5.45.